The molecule has 1 N–H and O–H groups in total. The molecule has 0 amide bonds. The Labute approximate surface area is 141 Å². The highest BCUT2D eigenvalue weighted by Gasteiger charge is 1.97. The molecule has 0 bridgehead atoms. The van der Waals surface area contributed by atoms with E-state index in [9.17, 15) is 5.11 Å². The van der Waals surface area contributed by atoms with E-state index in [1.54, 1.807) is 0 Å². The summed E-state index contributed by atoms with van der Waals surface area (Å²) in [5, 5.41) is 10.8. The van der Waals surface area contributed by atoms with Crippen molar-refractivity contribution in [2.24, 2.45) is 0 Å². The molecule has 0 heterocycles. The van der Waals surface area contributed by atoms with E-state index < -0.39 is 6.10 Å². The van der Waals surface area contributed by atoms with Crippen LogP contribution < -0.4 is 0 Å². The lowest BCUT2D eigenvalue weighted by molar-refractivity contribution is 0.217. The van der Waals surface area contributed by atoms with E-state index in [4.69, 9.17) is 0 Å². The third-order valence-electron chi connectivity index (χ3n) is 3.79. The zero-order valence-corrected chi connectivity index (χ0v) is 15.6. The number of alkyl halides is 1. The first-order valence-corrected chi connectivity index (χ1v) is 10.2. The van der Waals surface area contributed by atoms with Crippen molar-refractivity contribution >= 4 is 15.9 Å². The van der Waals surface area contributed by atoms with Crippen molar-refractivity contribution in [3.8, 4) is 11.8 Å². The fourth-order valence-electron chi connectivity index (χ4n) is 2.40. The number of aliphatic hydroxyl groups excluding tert-OH is 1. The van der Waals surface area contributed by atoms with Crippen molar-refractivity contribution < 1.29 is 5.11 Å². The van der Waals surface area contributed by atoms with Crippen LogP contribution in [0.3, 0.4) is 0 Å². The van der Waals surface area contributed by atoms with Crippen LogP contribution in [0.15, 0.2) is 0 Å². The number of halogens is 1. The van der Waals surface area contributed by atoms with E-state index in [0.29, 0.717) is 0 Å². The summed E-state index contributed by atoms with van der Waals surface area (Å²) in [5.41, 5.74) is 0. The molecule has 21 heavy (non-hydrogen) atoms. The first-order chi connectivity index (χ1) is 10.3. The Bertz CT molecular complexity index is 254. The molecule has 0 aromatic rings. The van der Waals surface area contributed by atoms with E-state index in [1.807, 2.05) is 0 Å². The summed E-state index contributed by atoms with van der Waals surface area (Å²) < 4.78 is 0. The molecule has 0 aliphatic heterocycles. The normalized spacial score (nSPS) is 12.0. The van der Waals surface area contributed by atoms with Crippen LogP contribution >= 0.6 is 15.9 Å². The minimum atomic E-state index is -0.393. The first-order valence-electron chi connectivity index (χ1n) is 9.03. The average molecular weight is 359 g/mol. The molecule has 0 fully saturated rings. The number of hydrogen-bond acceptors (Lipinski definition) is 1. The van der Waals surface area contributed by atoms with Gasteiger partial charge in [0.2, 0.25) is 0 Å². The maximum Gasteiger partial charge on any atom is 0.114 e. The average Bonchev–Trinajstić information content (AvgIpc) is 2.48. The topological polar surface area (TPSA) is 20.2 Å². The zero-order valence-electron chi connectivity index (χ0n) is 14.0. The van der Waals surface area contributed by atoms with Crippen molar-refractivity contribution in [3.63, 3.8) is 0 Å². The summed E-state index contributed by atoms with van der Waals surface area (Å²) in [4.78, 5) is 0. The Morgan fingerprint density at radius 1 is 0.810 bits per heavy atom. The minimum absolute atomic E-state index is 0.393. The summed E-state index contributed by atoms with van der Waals surface area (Å²) in [7, 11) is 0. The van der Waals surface area contributed by atoms with Gasteiger partial charge in [0, 0.05) is 11.8 Å². The van der Waals surface area contributed by atoms with Crippen molar-refractivity contribution in [1.29, 1.82) is 0 Å². The minimum Gasteiger partial charge on any atom is -0.380 e. The Kier molecular flexibility index (Phi) is 18.1. The highest BCUT2D eigenvalue weighted by Crippen LogP contribution is 2.11. The molecule has 0 saturated carbocycles. The third kappa shape index (κ3) is 18.0. The second-order valence-electron chi connectivity index (χ2n) is 5.95. The van der Waals surface area contributed by atoms with Gasteiger partial charge < -0.3 is 5.11 Å². The molecular weight excluding hydrogens is 324 g/mol. The van der Waals surface area contributed by atoms with Gasteiger partial charge in [-0.05, 0) is 25.7 Å². The molecule has 2 heteroatoms. The van der Waals surface area contributed by atoms with Crippen LogP contribution in [0.1, 0.15) is 96.8 Å². The second-order valence-corrected chi connectivity index (χ2v) is 6.75. The molecule has 0 unspecified atom stereocenters. The maximum absolute atomic E-state index is 9.66. The molecule has 0 aromatic carbocycles. The first kappa shape index (κ1) is 21.0. The van der Waals surface area contributed by atoms with Gasteiger partial charge in [-0.1, -0.05) is 86.6 Å². The SMILES string of the molecule is CCCCC[C@@H](O)C#CCCCCCCCCCCCBr. The highest BCUT2D eigenvalue weighted by molar-refractivity contribution is 9.09. The van der Waals surface area contributed by atoms with Crippen LogP contribution in [0.5, 0.6) is 0 Å². The summed E-state index contributed by atoms with van der Waals surface area (Å²) in [6, 6.07) is 0. The fraction of sp³-hybridized carbons (Fsp3) is 0.895. The van der Waals surface area contributed by atoms with Gasteiger partial charge in [0.1, 0.15) is 6.10 Å². The van der Waals surface area contributed by atoms with Gasteiger partial charge in [0.05, 0.1) is 0 Å². The van der Waals surface area contributed by atoms with Crippen molar-refractivity contribution in [2.75, 3.05) is 5.33 Å². The molecule has 124 valence electrons. The molecule has 0 rings (SSSR count). The van der Waals surface area contributed by atoms with Crippen molar-refractivity contribution in [2.45, 2.75) is 103 Å². The molecule has 0 aliphatic rings. The summed E-state index contributed by atoms with van der Waals surface area (Å²) in [6.45, 7) is 2.18. The lowest BCUT2D eigenvalue weighted by Gasteiger charge is -2.02. The van der Waals surface area contributed by atoms with Crippen LogP contribution in [0.25, 0.3) is 0 Å². The quantitative estimate of drug-likeness (QED) is 0.221. The van der Waals surface area contributed by atoms with Crippen molar-refractivity contribution in [1.82, 2.24) is 0 Å². The van der Waals surface area contributed by atoms with Gasteiger partial charge in [-0.15, -0.1) is 5.92 Å². The molecule has 0 radical (unpaired) electrons. The second kappa shape index (κ2) is 18.1. The van der Waals surface area contributed by atoms with Crippen LogP contribution in [0, 0.1) is 11.8 Å². The number of hydrogen-bond donors (Lipinski definition) is 1. The molecule has 1 nitrogen and oxygen atoms in total. The zero-order chi connectivity index (χ0) is 15.6. The number of aliphatic hydroxyl groups is 1. The van der Waals surface area contributed by atoms with Gasteiger partial charge in [0.25, 0.3) is 0 Å². The predicted octanol–water partition coefficient (Wildman–Crippen LogP) is 6.23. The van der Waals surface area contributed by atoms with Crippen LogP contribution in [0.4, 0.5) is 0 Å². The van der Waals surface area contributed by atoms with Gasteiger partial charge in [-0.25, -0.2) is 0 Å². The maximum atomic E-state index is 9.66. The van der Waals surface area contributed by atoms with Crippen LogP contribution in [0.2, 0.25) is 0 Å². The van der Waals surface area contributed by atoms with Crippen molar-refractivity contribution in [3.05, 3.63) is 0 Å². The van der Waals surface area contributed by atoms with Gasteiger partial charge >= 0.3 is 0 Å². The standard InChI is InChI=1S/C19H35BrO/c1-2-3-13-16-19(21)17-14-11-9-7-5-4-6-8-10-12-15-18-20/h19,21H,2-13,15-16,18H2,1H3/t19-/m1/s1. The molecule has 1 atom stereocenters. The Balaban J connectivity index is 3.21. The van der Waals surface area contributed by atoms with Crippen LogP contribution in [-0.4, -0.2) is 16.5 Å². The summed E-state index contributed by atoms with van der Waals surface area (Å²) in [6.07, 6.45) is 17.0. The molecule has 0 saturated heterocycles. The van der Waals surface area contributed by atoms with E-state index in [-0.39, 0.29) is 0 Å². The molecular formula is C19H35BrO. The largest absolute Gasteiger partial charge is 0.380 e. The van der Waals surface area contributed by atoms with Gasteiger partial charge in [0.15, 0.2) is 0 Å². The Morgan fingerprint density at radius 3 is 1.95 bits per heavy atom. The third-order valence-corrected chi connectivity index (χ3v) is 4.35. The monoisotopic (exact) mass is 358 g/mol. The molecule has 0 spiro atoms. The summed E-state index contributed by atoms with van der Waals surface area (Å²) >= 11 is 3.47. The van der Waals surface area contributed by atoms with E-state index in [0.717, 1.165) is 24.6 Å². The number of unbranched alkanes of at least 4 members (excludes halogenated alkanes) is 11. The number of rotatable bonds is 14. The van der Waals surface area contributed by atoms with Gasteiger partial charge in [-0.3, -0.25) is 0 Å². The van der Waals surface area contributed by atoms with E-state index in [1.165, 1.54) is 70.6 Å². The van der Waals surface area contributed by atoms with Gasteiger partial charge in [-0.2, -0.15) is 0 Å². The Hall–Kier alpha value is 0. The molecule has 0 aliphatic carbocycles. The summed E-state index contributed by atoms with van der Waals surface area (Å²) in [5.74, 6) is 6.11. The lowest BCUT2D eigenvalue weighted by atomic mass is 10.1. The highest BCUT2D eigenvalue weighted by atomic mass is 79.9. The fourth-order valence-corrected chi connectivity index (χ4v) is 2.79. The lowest BCUT2D eigenvalue weighted by Crippen LogP contribution is -2.01. The Morgan fingerprint density at radius 2 is 1.38 bits per heavy atom. The predicted molar refractivity (Wildman–Crippen MR) is 97.9 cm³/mol. The molecule has 0 aromatic heterocycles. The van der Waals surface area contributed by atoms with Crippen LogP contribution in [-0.2, 0) is 0 Å². The smallest absolute Gasteiger partial charge is 0.114 e. The van der Waals surface area contributed by atoms with E-state index >= 15 is 0 Å². The van der Waals surface area contributed by atoms with E-state index in [2.05, 4.69) is 34.7 Å².